The lowest BCUT2D eigenvalue weighted by molar-refractivity contribution is -0.142. The third kappa shape index (κ3) is 16.5. The third-order valence-corrected chi connectivity index (χ3v) is 5.46. The van der Waals surface area contributed by atoms with Crippen molar-refractivity contribution < 1.29 is 39.0 Å². The van der Waals surface area contributed by atoms with Crippen LogP contribution in [0, 0.1) is 0 Å². The minimum absolute atomic E-state index is 0.0127. The van der Waals surface area contributed by atoms with Crippen LogP contribution in [-0.4, -0.2) is 89.0 Å². The molecule has 4 unspecified atom stereocenters. The maximum Gasteiger partial charge on any atom is 0.326 e. The van der Waals surface area contributed by atoms with Crippen LogP contribution in [0.4, 0.5) is 0 Å². The number of hydrogen-bond donors (Lipinski definition) is 10. The van der Waals surface area contributed by atoms with Crippen LogP contribution in [0.2, 0.25) is 0 Å². The van der Waals surface area contributed by atoms with Crippen molar-refractivity contribution in [1.29, 1.82) is 0 Å². The summed E-state index contributed by atoms with van der Waals surface area (Å²) in [6, 6.07) is -5.12. The molecule has 0 aromatic carbocycles. The Balaban J connectivity index is 5.67. The number of rotatable bonds is 21. The second-order valence-corrected chi connectivity index (χ2v) is 8.80. The van der Waals surface area contributed by atoms with Crippen LogP contribution in [0.15, 0.2) is 4.99 Å². The monoisotopic (exact) mass is 559 g/mol. The number of aliphatic carboxylic acids is 2. The van der Waals surface area contributed by atoms with Crippen molar-refractivity contribution in [2.45, 2.75) is 82.0 Å². The van der Waals surface area contributed by atoms with Crippen molar-refractivity contribution in [3.63, 3.8) is 0 Å². The van der Waals surface area contributed by atoms with Gasteiger partial charge in [0.15, 0.2) is 5.96 Å². The maximum absolute atomic E-state index is 13.1. The highest BCUT2D eigenvalue weighted by molar-refractivity contribution is 5.94. The number of guanidine groups is 1. The van der Waals surface area contributed by atoms with E-state index in [-0.39, 0.29) is 51.0 Å². The Kier molecular flexibility index (Phi) is 17.2. The summed E-state index contributed by atoms with van der Waals surface area (Å²) < 4.78 is 0. The Labute approximate surface area is 225 Å². The summed E-state index contributed by atoms with van der Waals surface area (Å²) in [5.74, 6) is -5.93. The molecule has 0 saturated carbocycles. The van der Waals surface area contributed by atoms with Gasteiger partial charge in [-0.1, -0.05) is 0 Å². The molecule has 0 saturated heterocycles. The summed E-state index contributed by atoms with van der Waals surface area (Å²) in [5.41, 5.74) is 26.8. The van der Waals surface area contributed by atoms with Crippen molar-refractivity contribution >= 4 is 41.5 Å². The number of carboxylic acid groups (broad SMARTS) is 2. The summed E-state index contributed by atoms with van der Waals surface area (Å²) in [6.07, 6.45) is 0.159. The van der Waals surface area contributed by atoms with Crippen LogP contribution in [0.1, 0.15) is 57.8 Å². The Morgan fingerprint density at radius 1 is 0.692 bits per heavy atom. The smallest absolute Gasteiger partial charge is 0.326 e. The summed E-state index contributed by atoms with van der Waals surface area (Å²) >= 11 is 0. The van der Waals surface area contributed by atoms with Gasteiger partial charge in [-0.25, -0.2) is 4.79 Å². The molecule has 222 valence electrons. The topological polar surface area (TPSA) is 321 Å². The molecular formula is C22H41N9O8. The number of carboxylic acids is 2. The molecule has 4 amide bonds. The molecule has 0 heterocycles. The fourth-order valence-electron chi connectivity index (χ4n) is 3.31. The fourth-order valence-corrected chi connectivity index (χ4v) is 3.31. The highest BCUT2D eigenvalue weighted by atomic mass is 16.4. The molecule has 0 fully saturated rings. The zero-order valence-electron chi connectivity index (χ0n) is 21.8. The lowest BCUT2D eigenvalue weighted by Crippen LogP contribution is -2.57. The number of primary amides is 1. The highest BCUT2D eigenvalue weighted by Crippen LogP contribution is 2.07. The summed E-state index contributed by atoms with van der Waals surface area (Å²) in [4.78, 5) is 76.0. The lowest BCUT2D eigenvalue weighted by Gasteiger charge is -2.25. The molecule has 39 heavy (non-hydrogen) atoms. The Morgan fingerprint density at radius 2 is 1.23 bits per heavy atom. The van der Waals surface area contributed by atoms with Gasteiger partial charge in [-0.15, -0.1) is 0 Å². The molecule has 17 nitrogen and oxygen atoms in total. The number of carbonyl (C=O) groups is 6. The van der Waals surface area contributed by atoms with Crippen LogP contribution in [0.5, 0.6) is 0 Å². The number of unbranched alkanes of at least 4 members (excludes halogenated alkanes) is 1. The average molecular weight is 560 g/mol. The molecule has 17 heteroatoms. The minimum atomic E-state index is -1.40. The number of carbonyl (C=O) groups excluding carboxylic acids is 4. The van der Waals surface area contributed by atoms with E-state index in [1.165, 1.54) is 0 Å². The van der Waals surface area contributed by atoms with E-state index in [0.29, 0.717) is 19.4 Å². The van der Waals surface area contributed by atoms with E-state index in [2.05, 4.69) is 20.9 Å². The molecule has 15 N–H and O–H groups in total. The van der Waals surface area contributed by atoms with E-state index >= 15 is 0 Å². The first-order valence-corrected chi connectivity index (χ1v) is 12.4. The van der Waals surface area contributed by atoms with Gasteiger partial charge in [-0.3, -0.25) is 29.0 Å². The van der Waals surface area contributed by atoms with Gasteiger partial charge in [-0.05, 0) is 51.5 Å². The van der Waals surface area contributed by atoms with Crippen molar-refractivity contribution in [3.05, 3.63) is 0 Å². The van der Waals surface area contributed by atoms with Crippen LogP contribution >= 0.6 is 0 Å². The van der Waals surface area contributed by atoms with Gasteiger partial charge in [-0.2, -0.15) is 0 Å². The molecule has 0 aromatic rings. The van der Waals surface area contributed by atoms with Crippen molar-refractivity contribution in [2.24, 2.45) is 33.7 Å². The molecule has 0 aromatic heterocycles. The zero-order valence-corrected chi connectivity index (χ0v) is 21.8. The predicted molar refractivity (Wildman–Crippen MR) is 140 cm³/mol. The van der Waals surface area contributed by atoms with Gasteiger partial charge in [0, 0.05) is 19.4 Å². The Morgan fingerprint density at radius 3 is 1.74 bits per heavy atom. The van der Waals surface area contributed by atoms with E-state index in [0.717, 1.165) is 0 Å². The molecule has 4 atom stereocenters. The van der Waals surface area contributed by atoms with Crippen molar-refractivity contribution in [1.82, 2.24) is 16.0 Å². The molecule has 0 aliphatic carbocycles. The summed E-state index contributed by atoms with van der Waals surface area (Å²) in [7, 11) is 0. The van der Waals surface area contributed by atoms with Gasteiger partial charge >= 0.3 is 11.9 Å². The van der Waals surface area contributed by atoms with Crippen molar-refractivity contribution in [2.75, 3.05) is 13.1 Å². The lowest BCUT2D eigenvalue weighted by atomic mass is 10.0. The molecular weight excluding hydrogens is 518 g/mol. The summed E-state index contributed by atoms with van der Waals surface area (Å²) in [5, 5.41) is 25.7. The second kappa shape index (κ2) is 19.1. The molecule has 0 aliphatic heterocycles. The summed E-state index contributed by atoms with van der Waals surface area (Å²) in [6.45, 7) is 0.453. The van der Waals surface area contributed by atoms with E-state index in [1.807, 2.05) is 0 Å². The van der Waals surface area contributed by atoms with Gasteiger partial charge < -0.3 is 54.8 Å². The van der Waals surface area contributed by atoms with Gasteiger partial charge in [0.1, 0.15) is 18.1 Å². The van der Waals surface area contributed by atoms with E-state index in [4.69, 9.17) is 33.8 Å². The first kappa shape index (κ1) is 35.0. The highest BCUT2D eigenvalue weighted by Gasteiger charge is 2.30. The number of aliphatic imine (C=N–C) groups is 1. The van der Waals surface area contributed by atoms with Gasteiger partial charge in [0.05, 0.1) is 6.04 Å². The molecule has 0 radical (unpaired) electrons. The fraction of sp³-hybridized carbons (Fsp3) is 0.682. The van der Waals surface area contributed by atoms with Gasteiger partial charge in [0.25, 0.3) is 0 Å². The van der Waals surface area contributed by atoms with E-state index in [9.17, 15) is 33.9 Å². The first-order valence-electron chi connectivity index (χ1n) is 12.4. The third-order valence-electron chi connectivity index (χ3n) is 5.46. The van der Waals surface area contributed by atoms with Crippen molar-refractivity contribution in [3.8, 4) is 0 Å². The van der Waals surface area contributed by atoms with Gasteiger partial charge in [0.2, 0.25) is 23.6 Å². The molecule has 0 bridgehead atoms. The quantitative estimate of drug-likeness (QED) is 0.0367. The maximum atomic E-state index is 13.1. The predicted octanol–water partition coefficient (Wildman–Crippen LogP) is -3.83. The number of nitrogens with one attached hydrogen (secondary N) is 3. The Bertz CT molecular complexity index is 880. The Hall–Kier alpha value is -3.99. The normalized spacial score (nSPS) is 13.7. The first-order chi connectivity index (χ1) is 18.3. The molecule has 0 rings (SSSR count). The number of nitrogens with two attached hydrogens (primary N) is 5. The minimum Gasteiger partial charge on any atom is -0.481 e. The van der Waals surface area contributed by atoms with Crippen LogP contribution in [0.3, 0.4) is 0 Å². The van der Waals surface area contributed by atoms with Crippen LogP contribution in [-0.2, 0) is 28.8 Å². The average Bonchev–Trinajstić information content (AvgIpc) is 2.85. The molecule has 0 aliphatic rings. The number of amides is 4. The largest absolute Gasteiger partial charge is 0.481 e. The SMILES string of the molecule is NCCCCC(NC(=O)C(CCCN=C(N)N)NC(=O)C(CCC(=O)O)NC(=O)C(N)CCC(N)=O)C(=O)O. The second-order valence-electron chi connectivity index (χ2n) is 8.80. The standard InChI is InChI=1S/C22H41N9O8/c23-10-2-1-4-15(21(38)39)31-19(36)13(5-3-11-28-22(26)27)30-20(37)14(7-9-17(33)34)29-18(35)12(24)6-8-16(25)32/h12-15H,1-11,23-24H2,(H2,25,32)(H,29,35)(H,30,37)(H,31,36)(H,33,34)(H,38,39)(H4,26,27,28). The molecule has 0 spiro atoms. The van der Waals surface area contributed by atoms with Crippen LogP contribution in [0.25, 0.3) is 0 Å². The number of hydrogen-bond acceptors (Lipinski definition) is 9. The number of nitrogens with zero attached hydrogens (tertiary/aromatic N) is 1. The van der Waals surface area contributed by atoms with Crippen LogP contribution < -0.4 is 44.6 Å². The van der Waals surface area contributed by atoms with E-state index in [1.54, 1.807) is 0 Å². The zero-order chi connectivity index (χ0) is 30.0. The van der Waals surface area contributed by atoms with E-state index < -0.39 is 66.2 Å².